The number of nitrogens with two attached hydrogens (primary N) is 1. The second-order valence-corrected chi connectivity index (χ2v) is 6.94. The van der Waals surface area contributed by atoms with Gasteiger partial charge in [-0.25, -0.2) is 4.68 Å². The van der Waals surface area contributed by atoms with E-state index in [9.17, 15) is 4.79 Å². The smallest absolute Gasteiger partial charge is 0.237 e. The van der Waals surface area contributed by atoms with Gasteiger partial charge in [-0.1, -0.05) is 30.0 Å². The SMILES string of the molecule is Cc1ccccc1NC(=O)C(C)Sc1nnc(-c2ccoc2C)n1N. The molecule has 0 aliphatic carbocycles. The van der Waals surface area contributed by atoms with Gasteiger partial charge in [-0.2, -0.15) is 0 Å². The molecule has 1 amide bonds. The first-order valence-electron chi connectivity index (χ1n) is 7.75. The number of hydrogen-bond donors (Lipinski definition) is 2. The number of para-hydroxylation sites is 1. The molecule has 3 aromatic rings. The standard InChI is InChI=1S/C17H19N5O2S/c1-10-6-4-5-7-14(10)19-16(23)12(3)25-17-21-20-15(22(17)18)13-8-9-24-11(13)2/h4-9,12H,18H2,1-3H3,(H,19,23). The number of nitrogens with one attached hydrogen (secondary N) is 1. The van der Waals surface area contributed by atoms with Crippen LogP contribution >= 0.6 is 11.8 Å². The van der Waals surface area contributed by atoms with Gasteiger partial charge >= 0.3 is 0 Å². The van der Waals surface area contributed by atoms with Crippen molar-refractivity contribution in [1.29, 1.82) is 0 Å². The van der Waals surface area contributed by atoms with Crippen molar-refractivity contribution < 1.29 is 9.21 Å². The van der Waals surface area contributed by atoms with Crippen LogP contribution < -0.4 is 11.2 Å². The largest absolute Gasteiger partial charge is 0.469 e. The number of aryl methyl sites for hydroxylation is 2. The molecule has 0 saturated heterocycles. The number of furan rings is 1. The number of carbonyl (C=O) groups is 1. The normalized spacial score (nSPS) is 12.1. The Balaban J connectivity index is 1.72. The highest BCUT2D eigenvalue weighted by molar-refractivity contribution is 8.00. The Bertz CT molecular complexity index is 902. The van der Waals surface area contributed by atoms with Gasteiger partial charge in [0.1, 0.15) is 5.76 Å². The Morgan fingerprint density at radius 2 is 2.04 bits per heavy atom. The number of thioether (sulfide) groups is 1. The lowest BCUT2D eigenvalue weighted by Gasteiger charge is -2.13. The summed E-state index contributed by atoms with van der Waals surface area (Å²) < 4.78 is 6.65. The van der Waals surface area contributed by atoms with Crippen molar-refractivity contribution in [3.8, 4) is 11.4 Å². The van der Waals surface area contributed by atoms with Gasteiger partial charge in [0.05, 0.1) is 17.1 Å². The van der Waals surface area contributed by atoms with Crippen molar-refractivity contribution in [2.45, 2.75) is 31.2 Å². The Labute approximate surface area is 149 Å². The number of rotatable bonds is 5. The minimum absolute atomic E-state index is 0.122. The molecule has 3 rings (SSSR count). The maximum Gasteiger partial charge on any atom is 0.237 e. The fourth-order valence-corrected chi connectivity index (χ4v) is 3.09. The molecule has 0 bridgehead atoms. The molecule has 130 valence electrons. The van der Waals surface area contributed by atoms with Crippen LogP contribution in [0, 0.1) is 13.8 Å². The van der Waals surface area contributed by atoms with Crippen molar-refractivity contribution in [2.24, 2.45) is 0 Å². The lowest BCUT2D eigenvalue weighted by atomic mass is 10.2. The van der Waals surface area contributed by atoms with Gasteiger partial charge in [0.15, 0.2) is 5.82 Å². The van der Waals surface area contributed by atoms with Crippen LogP contribution in [0.4, 0.5) is 5.69 Å². The van der Waals surface area contributed by atoms with E-state index in [1.807, 2.05) is 38.1 Å². The van der Waals surface area contributed by atoms with Gasteiger partial charge in [-0.15, -0.1) is 10.2 Å². The fraction of sp³-hybridized carbons (Fsp3) is 0.235. The van der Waals surface area contributed by atoms with Crippen LogP contribution in [0.5, 0.6) is 0 Å². The highest BCUT2D eigenvalue weighted by Gasteiger charge is 2.21. The zero-order valence-electron chi connectivity index (χ0n) is 14.2. The molecule has 0 aliphatic rings. The molecule has 1 atom stereocenters. The van der Waals surface area contributed by atoms with Gasteiger partial charge in [0.2, 0.25) is 11.1 Å². The Kier molecular flexibility index (Phi) is 4.80. The van der Waals surface area contributed by atoms with Crippen molar-refractivity contribution in [3.63, 3.8) is 0 Å². The van der Waals surface area contributed by atoms with Crippen LogP contribution in [-0.4, -0.2) is 26.0 Å². The lowest BCUT2D eigenvalue weighted by molar-refractivity contribution is -0.115. The first-order valence-corrected chi connectivity index (χ1v) is 8.63. The van der Waals surface area contributed by atoms with E-state index in [2.05, 4.69) is 15.5 Å². The van der Waals surface area contributed by atoms with Crippen LogP contribution in [0.3, 0.4) is 0 Å². The molecule has 7 nitrogen and oxygen atoms in total. The third-order valence-corrected chi connectivity index (χ3v) is 4.88. The first-order chi connectivity index (χ1) is 12.0. The number of carbonyl (C=O) groups excluding carboxylic acids is 1. The molecule has 0 saturated carbocycles. The van der Waals surface area contributed by atoms with Gasteiger partial charge in [-0.3, -0.25) is 4.79 Å². The fourth-order valence-electron chi connectivity index (χ4n) is 2.32. The second kappa shape index (κ2) is 7.02. The molecule has 25 heavy (non-hydrogen) atoms. The van der Waals surface area contributed by atoms with Crippen LogP contribution in [0.1, 0.15) is 18.2 Å². The summed E-state index contributed by atoms with van der Waals surface area (Å²) in [5.74, 6) is 7.17. The molecule has 8 heteroatoms. The predicted octanol–water partition coefficient (Wildman–Crippen LogP) is 2.99. The van der Waals surface area contributed by atoms with E-state index in [0.717, 1.165) is 16.8 Å². The van der Waals surface area contributed by atoms with Crippen LogP contribution in [0.15, 0.2) is 46.2 Å². The topological polar surface area (TPSA) is 99.0 Å². The summed E-state index contributed by atoms with van der Waals surface area (Å²) in [6, 6.07) is 9.42. The van der Waals surface area contributed by atoms with E-state index in [0.29, 0.717) is 16.7 Å². The minimum Gasteiger partial charge on any atom is -0.469 e. The van der Waals surface area contributed by atoms with Gasteiger partial charge in [-0.05, 0) is 38.5 Å². The number of nitrogen functional groups attached to an aromatic ring is 1. The number of benzene rings is 1. The van der Waals surface area contributed by atoms with Crippen LogP contribution in [-0.2, 0) is 4.79 Å². The van der Waals surface area contributed by atoms with E-state index in [1.54, 1.807) is 19.3 Å². The van der Waals surface area contributed by atoms with E-state index in [4.69, 9.17) is 10.3 Å². The number of hydrogen-bond acceptors (Lipinski definition) is 6. The molecule has 1 aromatic carbocycles. The minimum atomic E-state index is -0.385. The van der Waals surface area contributed by atoms with Gasteiger partial charge in [0, 0.05) is 5.69 Å². The lowest BCUT2D eigenvalue weighted by Crippen LogP contribution is -2.24. The highest BCUT2D eigenvalue weighted by Crippen LogP contribution is 2.27. The molecule has 0 aliphatic heterocycles. The van der Waals surface area contributed by atoms with Crippen molar-refractivity contribution in [3.05, 3.63) is 47.9 Å². The van der Waals surface area contributed by atoms with Gasteiger partial charge < -0.3 is 15.6 Å². The number of aromatic nitrogens is 3. The average Bonchev–Trinajstić information content (AvgIpc) is 3.16. The predicted molar refractivity (Wildman–Crippen MR) is 97.7 cm³/mol. The Morgan fingerprint density at radius 3 is 2.72 bits per heavy atom. The van der Waals surface area contributed by atoms with Crippen LogP contribution in [0.25, 0.3) is 11.4 Å². The quantitative estimate of drug-likeness (QED) is 0.538. The summed E-state index contributed by atoms with van der Waals surface area (Å²) in [6.07, 6.45) is 1.57. The summed E-state index contributed by atoms with van der Waals surface area (Å²) >= 11 is 1.25. The summed E-state index contributed by atoms with van der Waals surface area (Å²) in [4.78, 5) is 12.4. The molecule has 0 fully saturated rings. The maximum absolute atomic E-state index is 12.4. The number of amides is 1. The third-order valence-electron chi connectivity index (χ3n) is 3.82. The summed E-state index contributed by atoms with van der Waals surface area (Å²) in [7, 11) is 0. The number of anilines is 1. The Hall–Kier alpha value is -2.74. The molecular weight excluding hydrogens is 338 g/mol. The molecule has 3 N–H and O–H groups in total. The molecule has 0 radical (unpaired) electrons. The number of nitrogens with zero attached hydrogens (tertiary/aromatic N) is 3. The first kappa shape index (κ1) is 17.1. The zero-order chi connectivity index (χ0) is 18.0. The third kappa shape index (κ3) is 3.53. The highest BCUT2D eigenvalue weighted by atomic mass is 32.2. The van der Waals surface area contributed by atoms with Crippen molar-refractivity contribution >= 4 is 23.4 Å². The second-order valence-electron chi connectivity index (χ2n) is 5.63. The summed E-state index contributed by atoms with van der Waals surface area (Å²) in [5.41, 5.74) is 2.58. The van der Waals surface area contributed by atoms with Gasteiger partial charge in [0.25, 0.3) is 0 Å². The maximum atomic E-state index is 12.4. The molecule has 0 spiro atoms. The molecule has 2 aromatic heterocycles. The zero-order valence-corrected chi connectivity index (χ0v) is 15.0. The van der Waals surface area contributed by atoms with E-state index in [1.165, 1.54) is 16.4 Å². The monoisotopic (exact) mass is 357 g/mol. The summed E-state index contributed by atoms with van der Waals surface area (Å²) in [5, 5.41) is 11.2. The average molecular weight is 357 g/mol. The van der Waals surface area contributed by atoms with Crippen molar-refractivity contribution in [1.82, 2.24) is 14.9 Å². The molecule has 1 unspecified atom stereocenters. The van der Waals surface area contributed by atoms with E-state index in [-0.39, 0.29) is 11.2 Å². The molecule has 2 heterocycles. The van der Waals surface area contributed by atoms with E-state index < -0.39 is 0 Å². The molecular formula is C17H19N5O2S. The summed E-state index contributed by atoms with van der Waals surface area (Å²) in [6.45, 7) is 5.58. The van der Waals surface area contributed by atoms with Crippen molar-refractivity contribution in [2.75, 3.05) is 11.2 Å². The Morgan fingerprint density at radius 1 is 1.28 bits per heavy atom. The van der Waals surface area contributed by atoms with Crippen LogP contribution in [0.2, 0.25) is 0 Å². The van der Waals surface area contributed by atoms with E-state index >= 15 is 0 Å².